The monoisotopic (exact) mass is 357 g/mol. The predicted molar refractivity (Wildman–Crippen MR) is 109 cm³/mol. The lowest BCUT2D eigenvalue weighted by molar-refractivity contribution is -0.138. The molecule has 0 radical (unpaired) electrons. The van der Waals surface area contributed by atoms with Crippen molar-refractivity contribution in [2.75, 3.05) is 0 Å². The lowest BCUT2D eigenvalue weighted by Crippen LogP contribution is -2.43. The van der Waals surface area contributed by atoms with Gasteiger partial charge in [0.15, 0.2) is 5.66 Å². The molecule has 0 atom stereocenters. The summed E-state index contributed by atoms with van der Waals surface area (Å²) in [5.74, 6) is 0. The molecule has 2 heterocycles. The second kappa shape index (κ2) is 6.17. The zero-order valence-corrected chi connectivity index (χ0v) is 15.5. The molecule has 136 valence electrons. The van der Waals surface area contributed by atoms with Crippen LogP contribution in [-0.4, -0.2) is 27.4 Å². The van der Waals surface area contributed by atoms with Crippen LogP contribution in [0.15, 0.2) is 70.3 Å². The first kappa shape index (κ1) is 16.5. The van der Waals surface area contributed by atoms with Crippen molar-refractivity contribution in [2.45, 2.75) is 44.7 Å². The summed E-state index contributed by atoms with van der Waals surface area (Å²) >= 11 is 0. The first-order valence-electron chi connectivity index (χ1n) is 9.74. The van der Waals surface area contributed by atoms with E-state index in [0.29, 0.717) is 0 Å². The molecule has 2 aromatic carbocycles. The highest BCUT2D eigenvalue weighted by Gasteiger charge is 2.47. The van der Waals surface area contributed by atoms with Crippen molar-refractivity contribution in [1.29, 1.82) is 0 Å². The van der Waals surface area contributed by atoms with Gasteiger partial charge in [-0.05, 0) is 38.7 Å². The van der Waals surface area contributed by atoms with Crippen molar-refractivity contribution >= 4 is 22.7 Å². The van der Waals surface area contributed by atoms with E-state index in [1.165, 1.54) is 11.5 Å². The number of hydrogen-bond donors (Lipinski definition) is 1. The van der Waals surface area contributed by atoms with Gasteiger partial charge in [-0.15, -0.1) is 0 Å². The number of nitrogens with zero attached hydrogens (tertiary/aromatic N) is 3. The van der Waals surface area contributed by atoms with Crippen LogP contribution in [0.1, 0.15) is 50.2 Å². The van der Waals surface area contributed by atoms with Gasteiger partial charge in [0, 0.05) is 22.4 Å². The molecule has 1 spiro atoms. The molecule has 4 heteroatoms. The molecular formula is C23H23N3O. The van der Waals surface area contributed by atoms with Gasteiger partial charge in [0.1, 0.15) is 5.70 Å². The van der Waals surface area contributed by atoms with E-state index in [-0.39, 0.29) is 0 Å². The number of fused-ring (bicyclic) bond motifs is 1. The Kier molecular flexibility index (Phi) is 3.76. The fourth-order valence-electron chi connectivity index (χ4n) is 4.59. The summed E-state index contributed by atoms with van der Waals surface area (Å²) in [6, 6.07) is 18.3. The van der Waals surface area contributed by atoms with Crippen LogP contribution in [0.4, 0.5) is 5.69 Å². The third kappa shape index (κ3) is 2.47. The van der Waals surface area contributed by atoms with Crippen LogP contribution < -0.4 is 0 Å². The zero-order chi connectivity index (χ0) is 18.4. The largest absolute Gasteiger partial charge is 0.286 e. The number of hydrogen-bond acceptors (Lipinski definition) is 4. The van der Waals surface area contributed by atoms with E-state index in [0.717, 1.165) is 65.2 Å². The fraction of sp³-hybridized carbons (Fsp3) is 0.304. The first-order valence-corrected chi connectivity index (χ1v) is 9.74. The van der Waals surface area contributed by atoms with Crippen LogP contribution in [-0.2, 0) is 0 Å². The average molecular weight is 357 g/mol. The maximum absolute atomic E-state index is 11.4. The van der Waals surface area contributed by atoms with Gasteiger partial charge in [-0.25, -0.2) is 5.06 Å². The van der Waals surface area contributed by atoms with E-state index >= 15 is 0 Å². The quantitative estimate of drug-likeness (QED) is 0.747. The molecule has 2 aliphatic heterocycles. The van der Waals surface area contributed by atoms with Gasteiger partial charge in [-0.3, -0.25) is 15.2 Å². The maximum atomic E-state index is 11.4. The van der Waals surface area contributed by atoms with Crippen molar-refractivity contribution in [3.05, 3.63) is 71.4 Å². The van der Waals surface area contributed by atoms with Crippen molar-refractivity contribution in [3.8, 4) is 0 Å². The van der Waals surface area contributed by atoms with Crippen LogP contribution in [0.3, 0.4) is 0 Å². The smallest absolute Gasteiger partial charge is 0.157 e. The topological polar surface area (TPSA) is 48.2 Å². The first-order chi connectivity index (χ1) is 13.2. The second-order valence-electron chi connectivity index (χ2n) is 7.62. The molecule has 2 aromatic rings. The van der Waals surface area contributed by atoms with Gasteiger partial charge < -0.3 is 0 Å². The molecule has 27 heavy (non-hydrogen) atoms. The molecule has 4 nitrogen and oxygen atoms in total. The van der Waals surface area contributed by atoms with E-state index < -0.39 is 5.66 Å². The third-order valence-corrected chi connectivity index (χ3v) is 5.91. The molecule has 0 unspecified atom stereocenters. The molecule has 1 aliphatic carbocycles. The van der Waals surface area contributed by atoms with E-state index in [1.54, 1.807) is 0 Å². The van der Waals surface area contributed by atoms with Crippen LogP contribution in [0.2, 0.25) is 0 Å². The summed E-state index contributed by atoms with van der Waals surface area (Å²) in [5, 5.41) is 12.9. The molecule has 0 saturated heterocycles. The summed E-state index contributed by atoms with van der Waals surface area (Å²) in [5.41, 5.74) is 6.14. The molecule has 5 rings (SSSR count). The van der Waals surface area contributed by atoms with Gasteiger partial charge in [0.2, 0.25) is 0 Å². The Bertz CT molecular complexity index is 982. The van der Waals surface area contributed by atoms with E-state index in [1.807, 2.05) is 43.3 Å². The molecule has 1 saturated carbocycles. The molecule has 1 fully saturated rings. The average Bonchev–Trinajstić information content (AvgIpc) is 3.17. The van der Waals surface area contributed by atoms with Crippen molar-refractivity contribution in [3.63, 3.8) is 0 Å². The minimum atomic E-state index is -0.538. The third-order valence-electron chi connectivity index (χ3n) is 5.91. The highest BCUT2D eigenvalue weighted by Crippen LogP contribution is 2.46. The molecule has 0 aromatic heterocycles. The van der Waals surface area contributed by atoms with Gasteiger partial charge >= 0.3 is 0 Å². The normalized spacial score (nSPS) is 23.4. The molecule has 0 amide bonds. The lowest BCUT2D eigenvalue weighted by atomic mass is 9.89. The number of allylic oxidation sites excluding steroid dienone is 2. The number of hydroxylamine groups is 2. The molecule has 3 aliphatic rings. The highest BCUT2D eigenvalue weighted by molar-refractivity contribution is 6.35. The van der Waals surface area contributed by atoms with E-state index in [4.69, 9.17) is 9.98 Å². The lowest BCUT2D eigenvalue weighted by Gasteiger charge is -2.37. The number of para-hydroxylation sites is 1. The van der Waals surface area contributed by atoms with Crippen LogP contribution >= 0.6 is 0 Å². The predicted octanol–water partition coefficient (Wildman–Crippen LogP) is 5.36. The van der Waals surface area contributed by atoms with E-state index in [2.05, 4.69) is 18.2 Å². The number of benzene rings is 2. The van der Waals surface area contributed by atoms with Crippen molar-refractivity contribution < 1.29 is 5.21 Å². The zero-order valence-electron chi connectivity index (χ0n) is 15.5. The molecule has 0 bridgehead atoms. The van der Waals surface area contributed by atoms with Gasteiger partial charge in [0.25, 0.3) is 0 Å². The van der Waals surface area contributed by atoms with Gasteiger partial charge in [-0.2, -0.15) is 0 Å². The Morgan fingerprint density at radius 2 is 1.63 bits per heavy atom. The summed E-state index contributed by atoms with van der Waals surface area (Å²) in [6.07, 6.45) is 5.16. The van der Waals surface area contributed by atoms with E-state index in [9.17, 15) is 5.21 Å². The summed E-state index contributed by atoms with van der Waals surface area (Å²) in [6.45, 7) is 2.02. The Labute approximate surface area is 159 Å². The second-order valence-corrected chi connectivity index (χ2v) is 7.62. The molecule has 1 N–H and O–H groups in total. The number of rotatable bonds is 1. The van der Waals surface area contributed by atoms with Crippen LogP contribution in [0.25, 0.3) is 5.57 Å². The Morgan fingerprint density at radius 3 is 2.41 bits per heavy atom. The van der Waals surface area contributed by atoms with Crippen molar-refractivity contribution in [1.82, 2.24) is 5.06 Å². The fourth-order valence-corrected chi connectivity index (χ4v) is 4.59. The minimum absolute atomic E-state index is 0.538. The molecular weight excluding hydrogens is 334 g/mol. The summed E-state index contributed by atoms with van der Waals surface area (Å²) < 4.78 is 0. The SMILES string of the molecule is CC1=Nc2ccccc2/C1=C1\C(c2ccccc2)=NC2(CCCCC2)N1O. The minimum Gasteiger partial charge on any atom is -0.286 e. The van der Waals surface area contributed by atoms with Gasteiger partial charge in [-0.1, -0.05) is 55.0 Å². The van der Waals surface area contributed by atoms with Crippen molar-refractivity contribution in [2.24, 2.45) is 9.98 Å². The van der Waals surface area contributed by atoms with Crippen LogP contribution in [0.5, 0.6) is 0 Å². The highest BCUT2D eigenvalue weighted by atomic mass is 16.5. The van der Waals surface area contributed by atoms with Gasteiger partial charge in [0.05, 0.1) is 11.4 Å². The summed E-state index contributed by atoms with van der Waals surface area (Å²) in [4.78, 5) is 9.88. The summed E-state index contributed by atoms with van der Waals surface area (Å²) in [7, 11) is 0. The van der Waals surface area contributed by atoms with Crippen LogP contribution in [0, 0.1) is 0 Å². The Morgan fingerprint density at radius 1 is 0.926 bits per heavy atom. The maximum Gasteiger partial charge on any atom is 0.157 e. The standard InChI is InChI=1S/C23H23N3O/c1-16-20(18-12-6-7-13-19(18)24-16)22-21(17-10-4-2-5-11-17)25-23(26(22)27)14-8-3-9-15-23/h2,4-7,10-13,27H,3,8-9,14-15H2,1H3/b22-20+. The Balaban J connectivity index is 1.76. The Hall–Kier alpha value is -2.72. The number of aliphatic imine (C=N–C) groups is 2.